The maximum absolute atomic E-state index is 13.5. The Morgan fingerprint density at radius 3 is 2.19 bits per heavy atom. The molecule has 2 aromatic carbocycles. The molecule has 3 rings (SSSR count). The van der Waals surface area contributed by atoms with Crippen molar-refractivity contribution in [1.82, 2.24) is 0 Å². The summed E-state index contributed by atoms with van der Waals surface area (Å²) >= 11 is 0. The Hall–Kier alpha value is -2.22. The van der Waals surface area contributed by atoms with E-state index in [1.54, 1.807) is 17.0 Å². The number of rotatable bonds is 4. The van der Waals surface area contributed by atoms with E-state index >= 15 is 0 Å². The molecule has 0 saturated carbocycles. The van der Waals surface area contributed by atoms with Gasteiger partial charge in [0.15, 0.2) is 0 Å². The minimum absolute atomic E-state index is 0.000258. The average molecular weight is 384 g/mol. The predicted molar refractivity (Wildman–Crippen MR) is 94.9 cm³/mol. The third kappa shape index (κ3) is 3.95. The smallest absolute Gasteiger partial charge is 0.371 e. The fourth-order valence-electron chi connectivity index (χ4n) is 2.99. The van der Waals surface area contributed by atoms with Crippen molar-refractivity contribution >= 4 is 21.4 Å². The number of halogens is 3. The van der Waals surface area contributed by atoms with Crippen LogP contribution >= 0.6 is 0 Å². The van der Waals surface area contributed by atoms with E-state index in [-0.39, 0.29) is 16.3 Å². The van der Waals surface area contributed by atoms with E-state index in [1.165, 1.54) is 24.3 Å². The Morgan fingerprint density at radius 1 is 1.00 bits per heavy atom. The fourth-order valence-corrected chi connectivity index (χ4v) is 4.04. The van der Waals surface area contributed by atoms with Crippen LogP contribution < -0.4 is 9.62 Å². The van der Waals surface area contributed by atoms with Crippen molar-refractivity contribution in [2.24, 2.45) is 0 Å². The highest BCUT2D eigenvalue weighted by Gasteiger charge is 2.36. The Kier molecular flexibility index (Phi) is 4.88. The van der Waals surface area contributed by atoms with Crippen molar-refractivity contribution in [3.05, 3.63) is 53.6 Å². The third-order valence-corrected chi connectivity index (χ3v) is 5.73. The maximum atomic E-state index is 13.5. The number of anilines is 2. The van der Waals surface area contributed by atoms with E-state index in [4.69, 9.17) is 0 Å². The number of nitrogens with one attached hydrogen (secondary N) is 1. The summed E-state index contributed by atoms with van der Waals surface area (Å²) in [6.07, 6.45) is -2.87. The fraction of sp³-hybridized carbons (Fsp3) is 0.333. The van der Waals surface area contributed by atoms with Crippen molar-refractivity contribution in [3.8, 4) is 0 Å². The van der Waals surface area contributed by atoms with Gasteiger partial charge in [0.05, 0.1) is 10.5 Å². The number of benzene rings is 2. The van der Waals surface area contributed by atoms with Gasteiger partial charge in [-0.15, -0.1) is 0 Å². The third-order valence-electron chi connectivity index (χ3n) is 4.33. The largest absolute Gasteiger partial charge is 0.418 e. The van der Waals surface area contributed by atoms with Gasteiger partial charge in [0.1, 0.15) is 0 Å². The number of sulfonamides is 1. The molecule has 0 unspecified atom stereocenters. The van der Waals surface area contributed by atoms with E-state index in [0.29, 0.717) is 13.1 Å². The SMILES string of the molecule is Cc1ccc(S(=O)(=O)Nc2ccc(N3CCCC3)c(C(F)(F)F)c2)cc1. The number of aryl methyl sites for hydroxylation is 1. The molecule has 2 aromatic rings. The van der Waals surface area contributed by atoms with Gasteiger partial charge in [-0.2, -0.15) is 13.2 Å². The van der Waals surface area contributed by atoms with Gasteiger partial charge in [-0.25, -0.2) is 8.42 Å². The van der Waals surface area contributed by atoms with Gasteiger partial charge in [0, 0.05) is 24.5 Å². The molecule has 1 aliphatic heterocycles. The Morgan fingerprint density at radius 2 is 1.62 bits per heavy atom. The van der Waals surface area contributed by atoms with E-state index in [1.807, 2.05) is 6.92 Å². The highest BCUT2D eigenvalue weighted by Crippen LogP contribution is 2.39. The second-order valence-corrected chi connectivity index (χ2v) is 8.02. The molecule has 1 aliphatic rings. The van der Waals surface area contributed by atoms with Crippen LogP contribution in [0.5, 0.6) is 0 Å². The lowest BCUT2D eigenvalue weighted by molar-refractivity contribution is -0.137. The molecule has 0 aromatic heterocycles. The summed E-state index contributed by atoms with van der Waals surface area (Å²) in [5, 5.41) is 0. The second kappa shape index (κ2) is 6.83. The molecule has 1 saturated heterocycles. The van der Waals surface area contributed by atoms with Gasteiger partial charge >= 0.3 is 6.18 Å². The van der Waals surface area contributed by atoms with Crippen LogP contribution in [-0.2, 0) is 16.2 Å². The van der Waals surface area contributed by atoms with E-state index in [0.717, 1.165) is 24.5 Å². The maximum Gasteiger partial charge on any atom is 0.418 e. The normalized spacial score (nSPS) is 15.3. The van der Waals surface area contributed by atoms with Gasteiger partial charge in [0.2, 0.25) is 0 Å². The second-order valence-electron chi connectivity index (χ2n) is 6.34. The summed E-state index contributed by atoms with van der Waals surface area (Å²) in [5.74, 6) is 0. The Labute approximate surface area is 150 Å². The van der Waals surface area contributed by atoms with Crippen LogP contribution in [0.2, 0.25) is 0 Å². The zero-order valence-corrected chi connectivity index (χ0v) is 15.0. The van der Waals surface area contributed by atoms with Crippen LogP contribution in [0.25, 0.3) is 0 Å². The molecule has 0 spiro atoms. The first-order valence-electron chi connectivity index (χ1n) is 8.22. The lowest BCUT2D eigenvalue weighted by Gasteiger charge is -2.23. The standard InChI is InChI=1S/C18H19F3N2O2S/c1-13-4-7-15(8-5-13)26(24,25)22-14-6-9-17(23-10-2-3-11-23)16(12-14)18(19,20)21/h4-9,12,22H,2-3,10-11H2,1H3. The molecule has 1 N–H and O–H groups in total. The molecule has 1 heterocycles. The van der Waals surface area contributed by atoms with Crippen molar-refractivity contribution in [3.63, 3.8) is 0 Å². The molecule has 0 bridgehead atoms. The molecule has 0 amide bonds. The lowest BCUT2D eigenvalue weighted by atomic mass is 10.1. The zero-order chi connectivity index (χ0) is 18.9. The first-order chi connectivity index (χ1) is 12.2. The summed E-state index contributed by atoms with van der Waals surface area (Å²) in [6.45, 7) is 2.95. The minimum atomic E-state index is -4.57. The van der Waals surface area contributed by atoms with Crippen molar-refractivity contribution in [2.75, 3.05) is 22.7 Å². The molecule has 1 fully saturated rings. The number of hydrogen-bond donors (Lipinski definition) is 1. The van der Waals surface area contributed by atoms with Crippen LogP contribution in [0.15, 0.2) is 47.4 Å². The molecular formula is C18H19F3N2O2S. The Bertz CT molecular complexity index is 888. The van der Waals surface area contributed by atoms with Gasteiger partial charge in [0.25, 0.3) is 10.0 Å². The molecule has 0 aliphatic carbocycles. The summed E-state index contributed by atoms with van der Waals surface area (Å²) in [7, 11) is -3.96. The van der Waals surface area contributed by atoms with Gasteiger partial charge in [-0.3, -0.25) is 4.72 Å². The topological polar surface area (TPSA) is 49.4 Å². The highest BCUT2D eigenvalue weighted by atomic mass is 32.2. The highest BCUT2D eigenvalue weighted by molar-refractivity contribution is 7.92. The summed E-state index contributed by atoms with van der Waals surface area (Å²) in [6, 6.07) is 9.66. The summed E-state index contributed by atoms with van der Waals surface area (Å²) < 4.78 is 67.5. The van der Waals surface area contributed by atoms with E-state index in [9.17, 15) is 21.6 Å². The molecule has 4 nitrogen and oxygen atoms in total. The zero-order valence-electron chi connectivity index (χ0n) is 14.2. The van der Waals surface area contributed by atoms with Crippen LogP contribution in [0.1, 0.15) is 24.0 Å². The van der Waals surface area contributed by atoms with Crippen LogP contribution in [0.4, 0.5) is 24.5 Å². The van der Waals surface area contributed by atoms with E-state index in [2.05, 4.69) is 4.72 Å². The van der Waals surface area contributed by atoms with Gasteiger partial charge < -0.3 is 4.90 Å². The Balaban J connectivity index is 1.94. The van der Waals surface area contributed by atoms with E-state index < -0.39 is 21.8 Å². The van der Waals surface area contributed by atoms with Crippen LogP contribution in [0, 0.1) is 6.92 Å². The number of alkyl halides is 3. The molecule has 0 radical (unpaired) electrons. The van der Waals surface area contributed by atoms with Gasteiger partial charge in [-0.1, -0.05) is 17.7 Å². The number of nitrogens with zero attached hydrogens (tertiary/aromatic N) is 1. The van der Waals surface area contributed by atoms with Crippen LogP contribution in [-0.4, -0.2) is 21.5 Å². The van der Waals surface area contributed by atoms with Gasteiger partial charge in [-0.05, 0) is 50.1 Å². The molecule has 0 atom stereocenters. The average Bonchev–Trinajstić information content (AvgIpc) is 3.08. The molecule has 8 heteroatoms. The minimum Gasteiger partial charge on any atom is -0.371 e. The summed E-state index contributed by atoms with van der Waals surface area (Å²) in [4.78, 5) is 1.68. The van der Waals surface area contributed by atoms with Crippen LogP contribution in [0.3, 0.4) is 0 Å². The predicted octanol–water partition coefficient (Wildman–Crippen LogP) is 4.41. The molecule has 26 heavy (non-hydrogen) atoms. The monoisotopic (exact) mass is 384 g/mol. The first-order valence-corrected chi connectivity index (χ1v) is 9.71. The molecule has 140 valence electrons. The number of hydrogen-bond acceptors (Lipinski definition) is 3. The summed E-state index contributed by atoms with van der Waals surface area (Å²) in [5.41, 5.74) is 0.0379. The van der Waals surface area contributed by atoms with Crippen molar-refractivity contribution in [2.45, 2.75) is 30.8 Å². The van der Waals surface area contributed by atoms with Crippen molar-refractivity contribution in [1.29, 1.82) is 0 Å². The first kappa shape index (κ1) is 18.6. The quantitative estimate of drug-likeness (QED) is 0.849. The van der Waals surface area contributed by atoms with Crippen molar-refractivity contribution < 1.29 is 21.6 Å². The lowest BCUT2D eigenvalue weighted by Crippen LogP contribution is -2.22. The molecular weight excluding hydrogens is 365 g/mol.